The first kappa shape index (κ1) is 15.9. The Labute approximate surface area is 133 Å². The minimum atomic E-state index is -0.792. The van der Waals surface area contributed by atoms with Gasteiger partial charge < -0.3 is 15.1 Å². The number of nitrogens with zero attached hydrogens (tertiary/aromatic N) is 2. The van der Waals surface area contributed by atoms with Gasteiger partial charge >= 0.3 is 0 Å². The van der Waals surface area contributed by atoms with Crippen molar-refractivity contribution in [3.8, 4) is 0 Å². The van der Waals surface area contributed by atoms with E-state index in [0.29, 0.717) is 0 Å². The Balaban J connectivity index is 1.72. The zero-order valence-electron chi connectivity index (χ0n) is 12.9. The topological polar surface area (TPSA) is 52.7 Å². The second kappa shape index (κ2) is 6.23. The molecule has 7 heteroatoms. The summed E-state index contributed by atoms with van der Waals surface area (Å²) in [6, 6.07) is 3.22. The Bertz CT molecular complexity index is 632. The Morgan fingerprint density at radius 1 is 1.39 bits per heavy atom. The van der Waals surface area contributed by atoms with Gasteiger partial charge in [-0.2, -0.15) is 0 Å². The van der Waals surface area contributed by atoms with Crippen LogP contribution in [-0.4, -0.2) is 49.4 Å². The molecule has 2 saturated heterocycles. The fourth-order valence-electron chi connectivity index (χ4n) is 3.24. The Morgan fingerprint density at radius 2 is 2.17 bits per heavy atom. The minimum absolute atomic E-state index is 0.0249. The van der Waals surface area contributed by atoms with E-state index in [0.717, 1.165) is 31.6 Å². The van der Waals surface area contributed by atoms with Crippen LogP contribution in [0.4, 0.5) is 14.5 Å². The minimum Gasteiger partial charge on any atom is -0.341 e. The van der Waals surface area contributed by atoms with Crippen molar-refractivity contribution in [1.82, 2.24) is 10.2 Å². The molecule has 124 valence electrons. The number of halogens is 2. The standard InChI is InChI=1S/C16H19F2N3O2/c1-20(12-4-5-19-8-12)16(23)10-6-15(22)21(9-10)14-3-2-11(17)7-13(14)18/h2-3,7,10,12,19H,4-6,8-9H2,1H3/t10-,12+/m1/s1. The van der Waals surface area contributed by atoms with Gasteiger partial charge in [0, 0.05) is 38.7 Å². The lowest BCUT2D eigenvalue weighted by atomic mass is 10.1. The molecule has 1 aromatic carbocycles. The van der Waals surface area contributed by atoms with E-state index in [1.165, 1.54) is 11.0 Å². The predicted octanol–water partition coefficient (Wildman–Crippen LogP) is 1.14. The first-order valence-corrected chi connectivity index (χ1v) is 7.70. The number of hydrogen-bond donors (Lipinski definition) is 1. The number of rotatable bonds is 3. The fourth-order valence-corrected chi connectivity index (χ4v) is 3.24. The molecule has 0 radical (unpaired) electrons. The van der Waals surface area contributed by atoms with Crippen LogP contribution in [0.25, 0.3) is 0 Å². The number of amides is 2. The van der Waals surface area contributed by atoms with Crippen LogP contribution in [0.1, 0.15) is 12.8 Å². The third-order valence-corrected chi connectivity index (χ3v) is 4.60. The number of carbonyl (C=O) groups is 2. The number of hydrogen-bond acceptors (Lipinski definition) is 3. The average molecular weight is 323 g/mol. The van der Waals surface area contributed by atoms with E-state index < -0.39 is 17.6 Å². The van der Waals surface area contributed by atoms with Crippen molar-refractivity contribution in [2.75, 3.05) is 31.6 Å². The third-order valence-electron chi connectivity index (χ3n) is 4.60. The molecule has 3 rings (SSSR count). The molecular formula is C16H19F2N3O2. The summed E-state index contributed by atoms with van der Waals surface area (Å²) in [4.78, 5) is 27.6. The maximum Gasteiger partial charge on any atom is 0.228 e. The van der Waals surface area contributed by atoms with Gasteiger partial charge in [0.2, 0.25) is 11.8 Å². The normalized spacial score (nSPS) is 24.3. The van der Waals surface area contributed by atoms with Gasteiger partial charge in [-0.3, -0.25) is 9.59 Å². The van der Waals surface area contributed by atoms with Gasteiger partial charge in [-0.05, 0) is 25.1 Å². The number of nitrogens with one attached hydrogen (secondary N) is 1. The third kappa shape index (κ3) is 3.06. The van der Waals surface area contributed by atoms with Crippen LogP contribution in [0.3, 0.4) is 0 Å². The highest BCUT2D eigenvalue weighted by atomic mass is 19.1. The number of anilines is 1. The van der Waals surface area contributed by atoms with Crippen molar-refractivity contribution in [2.45, 2.75) is 18.9 Å². The van der Waals surface area contributed by atoms with Crippen LogP contribution in [-0.2, 0) is 9.59 Å². The maximum absolute atomic E-state index is 13.9. The molecular weight excluding hydrogens is 304 g/mol. The lowest BCUT2D eigenvalue weighted by Gasteiger charge is -2.26. The summed E-state index contributed by atoms with van der Waals surface area (Å²) in [6.45, 7) is 1.75. The van der Waals surface area contributed by atoms with Crippen molar-refractivity contribution < 1.29 is 18.4 Å². The summed E-state index contributed by atoms with van der Waals surface area (Å²) >= 11 is 0. The molecule has 0 saturated carbocycles. The molecule has 23 heavy (non-hydrogen) atoms. The first-order valence-electron chi connectivity index (χ1n) is 7.70. The first-order chi connectivity index (χ1) is 11.0. The van der Waals surface area contributed by atoms with Crippen molar-refractivity contribution in [2.24, 2.45) is 5.92 Å². The lowest BCUT2D eigenvalue weighted by molar-refractivity contribution is -0.136. The molecule has 0 unspecified atom stereocenters. The summed E-state index contributed by atoms with van der Waals surface area (Å²) in [5.41, 5.74) is 0.0249. The molecule has 0 aliphatic carbocycles. The van der Waals surface area contributed by atoms with E-state index >= 15 is 0 Å². The molecule has 1 N–H and O–H groups in total. The van der Waals surface area contributed by atoms with Gasteiger partial charge in [0.15, 0.2) is 0 Å². The summed E-state index contributed by atoms with van der Waals surface area (Å²) < 4.78 is 26.9. The van der Waals surface area contributed by atoms with Crippen LogP contribution in [0, 0.1) is 17.6 Å². The molecule has 2 aliphatic heterocycles. The van der Waals surface area contributed by atoms with Crippen LogP contribution in [0.5, 0.6) is 0 Å². The molecule has 5 nitrogen and oxygen atoms in total. The highest BCUT2D eigenvalue weighted by molar-refractivity contribution is 6.00. The zero-order chi connectivity index (χ0) is 16.6. The molecule has 1 aromatic rings. The van der Waals surface area contributed by atoms with Gasteiger partial charge in [-0.1, -0.05) is 0 Å². The van der Waals surface area contributed by atoms with Gasteiger partial charge in [0.05, 0.1) is 11.6 Å². The van der Waals surface area contributed by atoms with E-state index in [4.69, 9.17) is 0 Å². The molecule has 2 aliphatic rings. The second-order valence-corrected chi connectivity index (χ2v) is 6.10. The van der Waals surface area contributed by atoms with E-state index in [1.54, 1.807) is 11.9 Å². The van der Waals surface area contributed by atoms with Gasteiger partial charge in [0.25, 0.3) is 0 Å². The number of carbonyl (C=O) groups excluding carboxylic acids is 2. The molecule has 2 atom stereocenters. The molecule has 0 spiro atoms. The Morgan fingerprint density at radius 3 is 2.83 bits per heavy atom. The van der Waals surface area contributed by atoms with Gasteiger partial charge in [-0.15, -0.1) is 0 Å². The quantitative estimate of drug-likeness (QED) is 0.907. The van der Waals surface area contributed by atoms with E-state index in [2.05, 4.69) is 5.32 Å². The van der Waals surface area contributed by atoms with Crippen molar-refractivity contribution in [3.05, 3.63) is 29.8 Å². The smallest absolute Gasteiger partial charge is 0.228 e. The summed E-state index contributed by atoms with van der Waals surface area (Å²) in [6.07, 6.45) is 0.944. The average Bonchev–Trinajstić information content (AvgIpc) is 3.16. The van der Waals surface area contributed by atoms with Crippen LogP contribution in [0.15, 0.2) is 18.2 Å². The van der Waals surface area contributed by atoms with Crippen molar-refractivity contribution in [1.29, 1.82) is 0 Å². The SMILES string of the molecule is CN(C(=O)[C@@H]1CC(=O)N(c2ccc(F)cc2F)C1)[C@H]1CCNC1. The summed E-state index contributed by atoms with van der Waals surface area (Å²) in [7, 11) is 1.74. The molecule has 2 fully saturated rings. The summed E-state index contributed by atoms with van der Waals surface area (Å²) in [5, 5.41) is 3.20. The predicted molar refractivity (Wildman–Crippen MR) is 80.9 cm³/mol. The maximum atomic E-state index is 13.9. The number of benzene rings is 1. The Hall–Kier alpha value is -2.02. The Kier molecular flexibility index (Phi) is 4.30. The van der Waals surface area contributed by atoms with E-state index in [1.807, 2.05) is 0 Å². The highest BCUT2D eigenvalue weighted by Crippen LogP contribution is 2.29. The molecule has 2 heterocycles. The van der Waals surface area contributed by atoms with Gasteiger partial charge in [0.1, 0.15) is 11.6 Å². The lowest BCUT2D eigenvalue weighted by Crippen LogP contribution is -2.42. The van der Waals surface area contributed by atoms with Gasteiger partial charge in [-0.25, -0.2) is 8.78 Å². The number of likely N-dealkylation sites (N-methyl/N-ethyl adjacent to an activating group) is 1. The van der Waals surface area contributed by atoms with Crippen molar-refractivity contribution >= 4 is 17.5 Å². The van der Waals surface area contributed by atoms with Crippen LogP contribution < -0.4 is 10.2 Å². The van der Waals surface area contributed by atoms with E-state index in [-0.39, 0.29) is 36.5 Å². The fraction of sp³-hybridized carbons (Fsp3) is 0.500. The largest absolute Gasteiger partial charge is 0.341 e. The van der Waals surface area contributed by atoms with Crippen LogP contribution in [0.2, 0.25) is 0 Å². The highest BCUT2D eigenvalue weighted by Gasteiger charge is 2.39. The molecule has 2 amide bonds. The van der Waals surface area contributed by atoms with Crippen LogP contribution >= 0.6 is 0 Å². The monoisotopic (exact) mass is 323 g/mol. The molecule has 0 bridgehead atoms. The van der Waals surface area contributed by atoms with E-state index in [9.17, 15) is 18.4 Å². The van der Waals surface area contributed by atoms with Crippen molar-refractivity contribution in [3.63, 3.8) is 0 Å². The zero-order valence-corrected chi connectivity index (χ0v) is 12.9. The molecule has 0 aromatic heterocycles. The second-order valence-electron chi connectivity index (χ2n) is 6.10. The summed E-state index contributed by atoms with van der Waals surface area (Å²) in [5.74, 6) is -2.39.